The number of carbonyl (C=O) groups is 1. The maximum Gasteiger partial charge on any atom is 0.321 e. The molecule has 0 radical (unpaired) electrons. The third kappa shape index (κ3) is 4.13. The monoisotopic (exact) mass is 414 g/mol. The van der Waals surface area contributed by atoms with E-state index in [-0.39, 0.29) is 29.5 Å². The molecular formula is C21H20F2N4O3. The van der Waals surface area contributed by atoms with Gasteiger partial charge in [-0.25, -0.2) is 18.6 Å². The zero-order chi connectivity index (χ0) is 21.1. The summed E-state index contributed by atoms with van der Waals surface area (Å²) in [6.07, 6.45) is 3.03. The predicted octanol–water partition coefficient (Wildman–Crippen LogP) is 3.49. The molecule has 2 amide bonds. The second-order valence-electron chi connectivity index (χ2n) is 7.28. The number of nitrogens with zero attached hydrogens (tertiary/aromatic N) is 3. The number of rotatable bonds is 3. The van der Waals surface area contributed by atoms with Crippen molar-refractivity contribution in [2.24, 2.45) is 5.92 Å². The Balaban J connectivity index is 1.35. The van der Waals surface area contributed by atoms with Crippen molar-refractivity contribution in [3.63, 3.8) is 0 Å². The van der Waals surface area contributed by atoms with Gasteiger partial charge < -0.3 is 19.7 Å². The highest BCUT2D eigenvalue weighted by Crippen LogP contribution is 2.35. The van der Waals surface area contributed by atoms with Crippen LogP contribution in [0.15, 0.2) is 24.4 Å². The molecule has 1 fully saturated rings. The fourth-order valence-corrected chi connectivity index (χ4v) is 3.74. The van der Waals surface area contributed by atoms with Gasteiger partial charge in [0, 0.05) is 24.8 Å². The second kappa shape index (κ2) is 8.53. The highest BCUT2D eigenvalue weighted by Gasteiger charge is 2.26. The molecule has 0 unspecified atom stereocenters. The normalized spacial score (nSPS) is 16.1. The quantitative estimate of drug-likeness (QED) is 0.831. The molecule has 1 aromatic carbocycles. The van der Waals surface area contributed by atoms with Gasteiger partial charge in [-0.3, -0.25) is 0 Å². The van der Waals surface area contributed by atoms with Crippen LogP contribution in [0.3, 0.4) is 0 Å². The standard InChI is InChI=1S/C21H20F2N4O3/c22-16-10-14(12-24)11-17(23)15(16)9-13-2-5-27(6-3-13)21(28)26-18-1-4-25-20-19(18)29-7-8-30-20/h1,4,10-11,13H,2-3,5-9H2,(H,25,26,28). The molecule has 7 nitrogen and oxygen atoms in total. The van der Waals surface area contributed by atoms with Gasteiger partial charge in [0.05, 0.1) is 17.3 Å². The lowest BCUT2D eigenvalue weighted by atomic mass is 9.89. The Hall–Kier alpha value is -3.41. The summed E-state index contributed by atoms with van der Waals surface area (Å²) in [5.74, 6) is -0.577. The lowest BCUT2D eigenvalue weighted by Crippen LogP contribution is -2.41. The summed E-state index contributed by atoms with van der Waals surface area (Å²) in [4.78, 5) is 18.4. The van der Waals surface area contributed by atoms with Gasteiger partial charge in [-0.2, -0.15) is 5.26 Å². The van der Waals surface area contributed by atoms with Crippen LogP contribution in [0, 0.1) is 28.9 Å². The number of hydrogen-bond donors (Lipinski definition) is 1. The zero-order valence-electron chi connectivity index (χ0n) is 16.2. The number of nitriles is 1. The summed E-state index contributed by atoms with van der Waals surface area (Å²) >= 11 is 0. The Bertz CT molecular complexity index is 977. The van der Waals surface area contributed by atoms with Crippen molar-refractivity contribution >= 4 is 11.7 Å². The van der Waals surface area contributed by atoms with Crippen molar-refractivity contribution in [3.8, 4) is 17.7 Å². The van der Waals surface area contributed by atoms with Gasteiger partial charge in [-0.1, -0.05) is 0 Å². The Kier molecular flexibility index (Phi) is 5.65. The molecule has 0 saturated carbocycles. The molecule has 1 saturated heterocycles. The van der Waals surface area contributed by atoms with E-state index < -0.39 is 11.6 Å². The van der Waals surface area contributed by atoms with Crippen molar-refractivity contribution in [2.45, 2.75) is 19.3 Å². The van der Waals surface area contributed by atoms with Crippen LogP contribution in [0.1, 0.15) is 24.0 Å². The minimum absolute atomic E-state index is 0.00235. The van der Waals surface area contributed by atoms with Crippen molar-refractivity contribution in [3.05, 3.63) is 47.2 Å². The van der Waals surface area contributed by atoms with Gasteiger partial charge >= 0.3 is 6.03 Å². The van der Waals surface area contributed by atoms with Gasteiger partial charge in [-0.05, 0) is 43.4 Å². The topological polar surface area (TPSA) is 87.5 Å². The molecule has 9 heteroatoms. The molecule has 0 aliphatic carbocycles. The molecule has 0 bridgehead atoms. The second-order valence-corrected chi connectivity index (χ2v) is 7.28. The van der Waals surface area contributed by atoms with Crippen LogP contribution in [0.25, 0.3) is 0 Å². The first kappa shape index (κ1) is 19.9. The van der Waals surface area contributed by atoms with Crippen molar-refractivity contribution in [1.29, 1.82) is 5.26 Å². The van der Waals surface area contributed by atoms with E-state index in [1.807, 2.05) is 0 Å². The Morgan fingerprint density at radius 2 is 1.93 bits per heavy atom. The number of fused-ring (bicyclic) bond motifs is 1. The summed E-state index contributed by atoms with van der Waals surface area (Å²) in [5.41, 5.74) is 0.457. The number of aromatic nitrogens is 1. The first-order valence-electron chi connectivity index (χ1n) is 9.73. The fourth-order valence-electron chi connectivity index (χ4n) is 3.74. The molecule has 1 aromatic heterocycles. The molecule has 30 heavy (non-hydrogen) atoms. The summed E-state index contributed by atoms with van der Waals surface area (Å²) < 4.78 is 39.3. The van der Waals surface area contributed by atoms with Crippen LogP contribution in [-0.2, 0) is 6.42 Å². The molecule has 2 aliphatic rings. The number of carbonyl (C=O) groups excluding carboxylic acids is 1. The van der Waals surface area contributed by atoms with Gasteiger partial charge in [-0.15, -0.1) is 0 Å². The molecule has 0 spiro atoms. The van der Waals surface area contributed by atoms with Crippen molar-refractivity contribution < 1.29 is 23.0 Å². The number of anilines is 1. The van der Waals surface area contributed by atoms with E-state index in [1.165, 1.54) is 6.20 Å². The highest BCUT2D eigenvalue weighted by atomic mass is 19.1. The minimum atomic E-state index is -0.698. The zero-order valence-corrected chi connectivity index (χ0v) is 16.2. The van der Waals surface area contributed by atoms with Gasteiger partial charge in [0.1, 0.15) is 24.8 Å². The van der Waals surface area contributed by atoms with Crippen molar-refractivity contribution in [1.82, 2.24) is 9.88 Å². The molecule has 1 N–H and O–H groups in total. The number of piperidine rings is 1. The number of hydrogen-bond acceptors (Lipinski definition) is 5. The Morgan fingerprint density at radius 1 is 1.23 bits per heavy atom. The van der Waals surface area contributed by atoms with Crippen LogP contribution in [0.4, 0.5) is 19.3 Å². The van der Waals surface area contributed by atoms with E-state index in [1.54, 1.807) is 17.0 Å². The van der Waals surface area contributed by atoms with E-state index in [0.717, 1.165) is 12.1 Å². The van der Waals surface area contributed by atoms with Gasteiger partial charge in [0.2, 0.25) is 5.75 Å². The van der Waals surface area contributed by atoms with Crippen molar-refractivity contribution in [2.75, 3.05) is 31.6 Å². The largest absolute Gasteiger partial charge is 0.483 e. The lowest BCUT2D eigenvalue weighted by molar-refractivity contribution is 0.164. The summed E-state index contributed by atoms with van der Waals surface area (Å²) in [5, 5.41) is 11.6. The van der Waals surface area contributed by atoms with E-state index in [0.29, 0.717) is 56.5 Å². The van der Waals surface area contributed by atoms with Crippen LogP contribution < -0.4 is 14.8 Å². The number of likely N-dealkylation sites (tertiary alicyclic amines) is 1. The minimum Gasteiger partial charge on any atom is -0.483 e. The lowest BCUT2D eigenvalue weighted by Gasteiger charge is -2.32. The first-order chi connectivity index (χ1) is 14.5. The number of halogens is 2. The molecule has 3 heterocycles. The number of pyridine rings is 1. The van der Waals surface area contributed by atoms with E-state index in [2.05, 4.69) is 10.3 Å². The van der Waals surface area contributed by atoms with E-state index >= 15 is 0 Å². The van der Waals surface area contributed by atoms with Crippen LogP contribution in [-0.4, -0.2) is 42.2 Å². The molecule has 0 atom stereocenters. The number of nitrogens with one attached hydrogen (secondary N) is 1. The smallest absolute Gasteiger partial charge is 0.321 e. The maximum absolute atomic E-state index is 14.1. The summed E-state index contributed by atoms with van der Waals surface area (Å²) in [6, 6.07) is 5.24. The SMILES string of the molecule is N#Cc1cc(F)c(CC2CCN(C(=O)Nc3ccnc4c3OCCO4)CC2)c(F)c1. The third-order valence-corrected chi connectivity index (χ3v) is 5.35. The average Bonchev–Trinajstić information content (AvgIpc) is 2.76. The van der Waals surface area contributed by atoms with E-state index in [9.17, 15) is 13.6 Å². The van der Waals surface area contributed by atoms with Crippen LogP contribution in [0.5, 0.6) is 11.6 Å². The average molecular weight is 414 g/mol. The van der Waals surface area contributed by atoms with E-state index in [4.69, 9.17) is 14.7 Å². The Morgan fingerprint density at radius 3 is 2.63 bits per heavy atom. The number of urea groups is 1. The first-order valence-corrected chi connectivity index (χ1v) is 9.73. The maximum atomic E-state index is 14.1. The predicted molar refractivity (Wildman–Crippen MR) is 103 cm³/mol. The fraction of sp³-hybridized carbons (Fsp3) is 0.381. The van der Waals surface area contributed by atoms with Gasteiger partial charge in [0.25, 0.3) is 5.88 Å². The number of ether oxygens (including phenoxy) is 2. The molecule has 156 valence electrons. The molecule has 2 aromatic rings. The summed E-state index contributed by atoms with van der Waals surface area (Å²) in [7, 11) is 0. The number of benzene rings is 1. The van der Waals surface area contributed by atoms with Gasteiger partial charge in [0.15, 0.2) is 0 Å². The summed E-state index contributed by atoms with van der Waals surface area (Å²) in [6.45, 7) is 1.74. The third-order valence-electron chi connectivity index (χ3n) is 5.35. The highest BCUT2D eigenvalue weighted by molar-refractivity contribution is 5.91. The number of amides is 2. The molecule has 2 aliphatic heterocycles. The Labute approximate surface area is 172 Å². The molecular weight excluding hydrogens is 394 g/mol. The van der Waals surface area contributed by atoms with Crippen LogP contribution in [0.2, 0.25) is 0 Å². The molecule has 4 rings (SSSR count). The van der Waals surface area contributed by atoms with Crippen LogP contribution >= 0.6 is 0 Å².